The highest BCUT2D eigenvalue weighted by Crippen LogP contribution is 2.35. The van der Waals surface area contributed by atoms with E-state index in [1.807, 2.05) is 22.6 Å². The van der Waals surface area contributed by atoms with Crippen LogP contribution in [0.25, 0.3) is 22.5 Å². The van der Waals surface area contributed by atoms with Gasteiger partial charge in [-0.2, -0.15) is 23.0 Å². The minimum absolute atomic E-state index is 0.168. The number of aromatic nitrogens is 3. The summed E-state index contributed by atoms with van der Waals surface area (Å²) in [5, 5.41) is 4.65. The van der Waals surface area contributed by atoms with Gasteiger partial charge in [0.1, 0.15) is 5.60 Å². The number of hydrogen-bond donors (Lipinski definition) is 0. The number of methoxy groups -OCH3 is 1. The number of ether oxygens (including phenoxy) is 2. The van der Waals surface area contributed by atoms with Crippen molar-refractivity contribution >= 4 is 51.9 Å². The van der Waals surface area contributed by atoms with Crippen LogP contribution in [0.4, 0.5) is 13.2 Å². The summed E-state index contributed by atoms with van der Waals surface area (Å²) in [6, 6.07) is 4.50. The fraction of sp³-hybridized carbons (Fsp3) is 0.304. The van der Waals surface area contributed by atoms with Crippen LogP contribution in [-0.4, -0.2) is 39.4 Å². The second-order valence-corrected chi connectivity index (χ2v) is 10.4. The first-order chi connectivity index (χ1) is 16.2. The summed E-state index contributed by atoms with van der Waals surface area (Å²) in [6.07, 6.45) is -1.79. The van der Waals surface area contributed by atoms with E-state index in [-0.39, 0.29) is 10.8 Å². The van der Waals surface area contributed by atoms with E-state index in [1.54, 1.807) is 27.7 Å². The van der Waals surface area contributed by atoms with E-state index in [0.29, 0.717) is 25.4 Å². The number of benzene rings is 1. The van der Waals surface area contributed by atoms with E-state index >= 15 is 0 Å². The van der Waals surface area contributed by atoms with E-state index in [4.69, 9.17) is 9.47 Å². The van der Waals surface area contributed by atoms with Crippen molar-refractivity contribution in [1.29, 1.82) is 0 Å². The zero-order chi connectivity index (χ0) is 26.1. The number of esters is 2. The minimum atomic E-state index is -4.48. The largest absolute Gasteiger partial charge is 0.464 e. The van der Waals surface area contributed by atoms with Gasteiger partial charge in [0.05, 0.1) is 32.5 Å². The molecule has 0 aliphatic rings. The number of rotatable bonds is 5. The van der Waals surface area contributed by atoms with Gasteiger partial charge in [-0.05, 0) is 68.5 Å². The molecule has 0 saturated carbocycles. The Hall–Kier alpha value is -2.74. The van der Waals surface area contributed by atoms with Crippen molar-refractivity contribution in [2.75, 3.05) is 7.11 Å². The molecule has 0 N–H and O–H groups in total. The molecule has 3 rings (SSSR count). The van der Waals surface area contributed by atoms with Crippen molar-refractivity contribution in [3.63, 3.8) is 0 Å². The molecule has 0 fully saturated rings. The van der Waals surface area contributed by atoms with Crippen molar-refractivity contribution in [2.45, 2.75) is 39.5 Å². The van der Waals surface area contributed by atoms with E-state index < -0.39 is 29.3 Å². The number of carbonyl (C=O) groups is 2. The molecule has 186 valence electrons. The summed E-state index contributed by atoms with van der Waals surface area (Å²) in [5.41, 5.74) is -0.0492. The van der Waals surface area contributed by atoms with Gasteiger partial charge < -0.3 is 9.47 Å². The lowest BCUT2D eigenvalue weighted by atomic mass is 10.1. The molecule has 0 spiro atoms. The lowest BCUT2D eigenvalue weighted by Crippen LogP contribution is -2.22. The van der Waals surface area contributed by atoms with Crippen molar-refractivity contribution in [3.8, 4) is 16.4 Å². The molecule has 0 bridgehead atoms. The Morgan fingerprint density at radius 3 is 2.31 bits per heavy atom. The second-order valence-electron chi connectivity index (χ2n) is 8.30. The Morgan fingerprint density at radius 1 is 1.14 bits per heavy atom. The second kappa shape index (κ2) is 10.1. The Labute approximate surface area is 217 Å². The van der Waals surface area contributed by atoms with Crippen LogP contribution in [0.2, 0.25) is 0 Å². The maximum Gasteiger partial charge on any atom is 0.416 e. The standard InChI is InChI=1S/C23H21F3IN3O4S/c1-12-17(27)19(20(32)33-5)30(29-12)21-28-18(13-6-8-14(9-7-13)23(24,25)26)15(35-21)10-11-16(31)34-22(2,3)4/h6-11H,1-5H3. The maximum atomic E-state index is 13.0. The molecule has 1 aromatic carbocycles. The molecule has 2 heterocycles. The summed E-state index contributed by atoms with van der Waals surface area (Å²) < 4.78 is 51.2. The SMILES string of the molecule is COC(=O)c1c(I)c(C)nn1-c1nc(-c2ccc(C(F)(F)F)cc2)c(C=CC(=O)OC(C)(C)C)s1. The predicted molar refractivity (Wildman–Crippen MR) is 133 cm³/mol. The highest BCUT2D eigenvalue weighted by atomic mass is 127. The molecule has 3 aromatic rings. The molecule has 7 nitrogen and oxygen atoms in total. The summed E-state index contributed by atoms with van der Waals surface area (Å²) in [6.45, 7) is 6.91. The molecule has 0 aliphatic heterocycles. The van der Waals surface area contributed by atoms with Crippen LogP contribution in [0, 0.1) is 10.5 Å². The lowest BCUT2D eigenvalue weighted by Gasteiger charge is -2.17. The van der Waals surface area contributed by atoms with Crippen LogP contribution in [0.5, 0.6) is 0 Å². The van der Waals surface area contributed by atoms with Gasteiger partial charge in [-0.1, -0.05) is 23.5 Å². The van der Waals surface area contributed by atoms with E-state index in [1.165, 1.54) is 36.1 Å². The third-order valence-electron chi connectivity index (χ3n) is 4.45. The smallest absolute Gasteiger partial charge is 0.416 e. The summed E-state index contributed by atoms with van der Waals surface area (Å²) >= 11 is 3.08. The van der Waals surface area contributed by atoms with Crippen molar-refractivity contribution in [3.05, 3.63) is 55.7 Å². The van der Waals surface area contributed by atoms with Crippen LogP contribution < -0.4 is 0 Å². The maximum absolute atomic E-state index is 13.0. The van der Waals surface area contributed by atoms with Crippen LogP contribution in [-0.2, 0) is 20.4 Å². The molecule has 35 heavy (non-hydrogen) atoms. The highest BCUT2D eigenvalue weighted by Gasteiger charge is 2.30. The Bertz CT molecular complexity index is 1290. The third-order valence-corrected chi connectivity index (χ3v) is 6.74. The first kappa shape index (κ1) is 26.9. The van der Waals surface area contributed by atoms with Crippen LogP contribution in [0.15, 0.2) is 30.3 Å². The van der Waals surface area contributed by atoms with Gasteiger partial charge in [-0.15, -0.1) is 0 Å². The molecule has 0 radical (unpaired) electrons. The van der Waals surface area contributed by atoms with Gasteiger partial charge in [0.15, 0.2) is 5.69 Å². The minimum Gasteiger partial charge on any atom is -0.464 e. The van der Waals surface area contributed by atoms with Crippen molar-refractivity contribution in [2.24, 2.45) is 0 Å². The van der Waals surface area contributed by atoms with Crippen LogP contribution in [0.1, 0.15) is 47.4 Å². The number of nitrogens with zero attached hydrogens (tertiary/aromatic N) is 3. The van der Waals surface area contributed by atoms with Crippen LogP contribution >= 0.6 is 33.9 Å². The first-order valence-electron chi connectivity index (χ1n) is 10.1. The zero-order valence-electron chi connectivity index (χ0n) is 19.4. The number of halogens is 4. The fourth-order valence-corrected chi connectivity index (χ4v) is 4.45. The Morgan fingerprint density at radius 2 is 1.77 bits per heavy atom. The lowest BCUT2D eigenvalue weighted by molar-refractivity contribution is -0.148. The molecule has 0 atom stereocenters. The molecular weight excluding hydrogens is 598 g/mol. The zero-order valence-corrected chi connectivity index (χ0v) is 22.3. The fourth-order valence-electron chi connectivity index (χ4n) is 2.95. The molecule has 2 aromatic heterocycles. The molecule has 0 unspecified atom stereocenters. The van der Waals surface area contributed by atoms with E-state index in [9.17, 15) is 22.8 Å². The number of aryl methyl sites for hydroxylation is 1. The molecule has 0 saturated heterocycles. The van der Waals surface area contributed by atoms with E-state index in [2.05, 4.69) is 10.1 Å². The average molecular weight is 619 g/mol. The molecular formula is C23H21F3IN3O4S. The normalized spacial score (nSPS) is 12.3. The first-order valence-corrected chi connectivity index (χ1v) is 12.0. The number of thiazole rings is 1. The monoisotopic (exact) mass is 619 g/mol. The van der Waals surface area contributed by atoms with Crippen LogP contribution in [0.3, 0.4) is 0 Å². The molecule has 12 heteroatoms. The number of carbonyl (C=O) groups excluding carboxylic acids is 2. The van der Waals surface area contributed by atoms with Gasteiger partial charge in [0.2, 0.25) is 5.13 Å². The summed E-state index contributed by atoms with van der Waals surface area (Å²) in [4.78, 5) is 29.6. The predicted octanol–water partition coefficient (Wildman–Crippen LogP) is 6.07. The number of hydrogen-bond acceptors (Lipinski definition) is 7. The van der Waals surface area contributed by atoms with E-state index in [0.717, 1.165) is 23.5 Å². The molecule has 0 amide bonds. The number of alkyl halides is 3. The quantitative estimate of drug-likeness (QED) is 0.196. The molecule has 0 aliphatic carbocycles. The summed E-state index contributed by atoms with van der Waals surface area (Å²) in [7, 11) is 1.25. The Balaban J connectivity index is 2.13. The van der Waals surface area contributed by atoms with Gasteiger partial charge in [0, 0.05) is 11.6 Å². The van der Waals surface area contributed by atoms with Gasteiger partial charge in [0.25, 0.3) is 0 Å². The topological polar surface area (TPSA) is 83.3 Å². The van der Waals surface area contributed by atoms with Gasteiger partial charge in [-0.3, -0.25) is 0 Å². The van der Waals surface area contributed by atoms with Crippen molar-refractivity contribution < 1.29 is 32.2 Å². The third kappa shape index (κ3) is 6.28. The Kier molecular flexibility index (Phi) is 7.74. The average Bonchev–Trinajstić information content (AvgIpc) is 3.31. The van der Waals surface area contributed by atoms with Gasteiger partial charge in [-0.25, -0.2) is 14.6 Å². The highest BCUT2D eigenvalue weighted by molar-refractivity contribution is 14.1. The van der Waals surface area contributed by atoms with Crippen molar-refractivity contribution in [1.82, 2.24) is 14.8 Å². The van der Waals surface area contributed by atoms with Gasteiger partial charge >= 0.3 is 18.1 Å². The summed E-state index contributed by atoms with van der Waals surface area (Å²) in [5.74, 6) is -1.21.